The second kappa shape index (κ2) is 13.1. The molecule has 12 heteroatoms. The van der Waals surface area contributed by atoms with Gasteiger partial charge in [-0.3, -0.25) is 28.9 Å². The summed E-state index contributed by atoms with van der Waals surface area (Å²) in [6, 6.07) is 11.9. The van der Waals surface area contributed by atoms with Crippen molar-refractivity contribution < 1.29 is 28.7 Å². The van der Waals surface area contributed by atoms with Gasteiger partial charge in [-0.2, -0.15) is 0 Å². The van der Waals surface area contributed by atoms with Crippen LogP contribution in [0.3, 0.4) is 0 Å². The third kappa shape index (κ3) is 5.76. The molecular formula is C36H39N5O6S. The lowest BCUT2D eigenvalue weighted by molar-refractivity contribution is -0.146. The Morgan fingerprint density at radius 2 is 1.69 bits per heavy atom. The first-order valence-electron chi connectivity index (χ1n) is 16.7. The van der Waals surface area contributed by atoms with E-state index < -0.39 is 29.7 Å². The van der Waals surface area contributed by atoms with E-state index in [0.29, 0.717) is 67.9 Å². The molecule has 0 spiro atoms. The number of rotatable bonds is 7. The molecule has 3 aliphatic heterocycles. The molecule has 1 saturated heterocycles. The lowest BCUT2D eigenvalue weighted by atomic mass is 9.77. The number of hydrogen-bond donors (Lipinski definition) is 1. The van der Waals surface area contributed by atoms with Crippen LogP contribution >= 0.6 is 11.3 Å². The van der Waals surface area contributed by atoms with Gasteiger partial charge in [-0.15, -0.1) is 11.3 Å². The van der Waals surface area contributed by atoms with Crippen molar-refractivity contribution in [1.29, 1.82) is 0 Å². The molecule has 0 radical (unpaired) electrons. The minimum Gasteiger partial charge on any atom is -0.488 e. The number of carbonyl (C=O) groups is 5. The summed E-state index contributed by atoms with van der Waals surface area (Å²) in [6.07, 6.45) is 3.86. The van der Waals surface area contributed by atoms with E-state index in [2.05, 4.69) is 10.3 Å². The van der Waals surface area contributed by atoms with Crippen LogP contribution in [-0.4, -0.2) is 88.6 Å². The molecule has 2 aromatic carbocycles. The van der Waals surface area contributed by atoms with Crippen LogP contribution in [0.25, 0.3) is 0 Å². The maximum absolute atomic E-state index is 14.5. The monoisotopic (exact) mass is 669 g/mol. The van der Waals surface area contributed by atoms with E-state index in [1.165, 1.54) is 16.2 Å². The minimum atomic E-state index is -0.677. The van der Waals surface area contributed by atoms with Gasteiger partial charge in [0, 0.05) is 49.3 Å². The molecule has 1 aliphatic carbocycles. The maximum Gasteiger partial charge on any atom is 0.273 e. The molecule has 1 unspecified atom stereocenters. The van der Waals surface area contributed by atoms with Gasteiger partial charge in [-0.25, -0.2) is 4.98 Å². The molecule has 5 amide bonds. The van der Waals surface area contributed by atoms with Gasteiger partial charge in [0.15, 0.2) is 0 Å². The molecule has 0 bridgehead atoms. The highest BCUT2D eigenvalue weighted by molar-refractivity contribution is 7.09. The number of likely N-dealkylation sites (tertiary alicyclic amines) is 1. The number of benzene rings is 2. The number of imide groups is 1. The van der Waals surface area contributed by atoms with Gasteiger partial charge in [0.25, 0.3) is 17.7 Å². The molecule has 1 aromatic heterocycles. The summed E-state index contributed by atoms with van der Waals surface area (Å²) in [7, 11) is 1.60. The Kier molecular flexibility index (Phi) is 8.76. The van der Waals surface area contributed by atoms with E-state index >= 15 is 0 Å². The van der Waals surface area contributed by atoms with Crippen molar-refractivity contribution in [2.24, 2.45) is 11.8 Å². The predicted octanol–water partition coefficient (Wildman–Crippen LogP) is 4.02. The van der Waals surface area contributed by atoms with E-state index in [1.807, 2.05) is 25.1 Å². The van der Waals surface area contributed by atoms with Crippen molar-refractivity contribution in [3.63, 3.8) is 0 Å². The molecule has 4 atom stereocenters. The van der Waals surface area contributed by atoms with E-state index in [0.717, 1.165) is 29.0 Å². The first-order chi connectivity index (χ1) is 23.2. The normalized spacial score (nSPS) is 23.6. The molecule has 250 valence electrons. The van der Waals surface area contributed by atoms with E-state index in [1.54, 1.807) is 46.5 Å². The topological polar surface area (TPSA) is 129 Å². The number of aryl methyl sites for hydroxylation is 1. The quantitative estimate of drug-likeness (QED) is 0.377. The van der Waals surface area contributed by atoms with Crippen molar-refractivity contribution in [3.8, 4) is 5.75 Å². The molecule has 1 saturated carbocycles. The van der Waals surface area contributed by atoms with E-state index in [-0.39, 0.29) is 30.4 Å². The van der Waals surface area contributed by atoms with Crippen LogP contribution in [-0.2, 0) is 16.0 Å². The number of nitrogens with zero attached hydrogens (tertiary/aromatic N) is 4. The highest BCUT2D eigenvalue weighted by Crippen LogP contribution is 2.42. The Bertz CT molecular complexity index is 1750. The summed E-state index contributed by atoms with van der Waals surface area (Å²) >= 11 is 1.44. The molecule has 11 nitrogen and oxygen atoms in total. The Hall–Kier alpha value is -4.58. The fraction of sp³-hybridized carbons (Fsp3) is 0.444. The number of amides is 5. The summed E-state index contributed by atoms with van der Waals surface area (Å²) in [4.78, 5) is 76.9. The van der Waals surface area contributed by atoms with Crippen LogP contribution in [0.5, 0.6) is 5.75 Å². The number of ether oxygens (including phenoxy) is 1. The molecular weight excluding hydrogens is 630 g/mol. The van der Waals surface area contributed by atoms with Gasteiger partial charge in [0.05, 0.1) is 35.3 Å². The smallest absolute Gasteiger partial charge is 0.273 e. The number of nitrogens with one attached hydrogen (secondary N) is 1. The van der Waals surface area contributed by atoms with Crippen molar-refractivity contribution in [3.05, 3.63) is 80.8 Å². The van der Waals surface area contributed by atoms with Crippen LogP contribution in [0.4, 0.5) is 0 Å². The van der Waals surface area contributed by atoms with Crippen LogP contribution in [0.1, 0.15) is 85.5 Å². The number of fused-ring (bicyclic) bond motifs is 2. The summed E-state index contributed by atoms with van der Waals surface area (Å²) in [5, 5.41) is 5.35. The number of hydrogen-bond acceptors (Lipinski definition) is 8. The van der Waals surface area contributed by atoms with Gasteiger partial charge >= 0.3 is 0 Å². The summed E-state index contributed by atoms with van der Waals surface area (Å²) in [5.41, 5.74) is 2.87. The molecule has 3 aromatic rings. The highest BCUT2D eigenvalue weighted by Gasteiger charge is 2.45. The second-order valence-electron chi connectivity index (χ2n) is 13.0. The highest BCUT2D eigenvalue weighted by atomic mass is 32.1. The third-order valence-electron chi connectivity index (χ3n) is 10.2. The zero-order valence-electron chi connectivity index (χ0n) is 27.1. The van der Waals surface area contributed by atoms with Crippen LogP contribution in [0, 0.1) is 18.8 Å². The summed E-state index contributed by atoms with van der Waals surface area (Å²) in [6.45, 7) is 3.14. The van der Waals surface area contributed by atoms with Gasteiger partial charge in [-0.05, 0) is 49.9 Å². The Morgan fingerprint density at radius 1 is 0.958 bits per heavy atom. The van der Waals surface area contributed by atoms with Crippen molar-refractivity contribution in [2.45, 2.75) is 57.6 Å². The number of aromatic nitrogens is 1. The zero-order valence-corrected chi connectivity index (χ0v) is 28.0. The minimum absolute atomic E-state index is 0.0404. The molecule has 2 fully saturated rings. The Morgan fingerprint density at radius 3 is 2.38 bits per heavy atom. The van der Waals surface area contributed by atoms with E-state index in [9.17, 15) is 24.0 Å². The van der Waals surface area contributed by atoms with Crippen LogP contribution in [0.15, 0.2) is 47.8 Å². The average Bonchev–Trinajstić information content (AvgIpc) is 3.83. The van der Waals surface area contributed by atoms with Gasteiger partial charge in [0.1, 0.15) is 17.5 Å². The van der Waals surface area contributed by atoms with Crippen molar-refractivity contribution in [2.75, 3.05) is 33.2 Å². The average molecular weight is 670 g/mol. The summed E-state index contributed by atoms with van der Waals surface area (Å²) in [5.74, 6) is -1.55. The lowest BCUT2D eigenvalue weighted by Crippen LogP contribution is -2.51. The molecule has 48 heavy (non-hydrogen) atoms. The van der Waals surface area contributed by atoms with Crippen molar-refractivity contribution >= 4 is 40.9 Å². The van der Waals surface area contributed by atoms with Gasteiger partial charge in [-0.1, -0.05) is 37.1 Å². The van der Waals surface area contributed by atoms with Crippen LogP contribution in [0.2, 0.25) is 0 Å². The zero-order chi connectivity index (χ0) is 33.5. The SMILES string of the molecule is CNC(=O)[C@@H]1CCCCC1C(=O)N1CCc2cccc(O[C@H]3CCN(C(=O)c4csc(C)n4)C3)c2[C@H]1CN1C(=O)c2ccccc2C1=O. The lowest BCUT2D eigenvalue weighted by Gasteiger charge is -2.43. The maximum atomic E-state index is 14.5. The number of thiazole rings is 1. The van der Waals surface area contributed by atoms with E-state index in [4.69, 9.17) is 4.74 Å². The van der Waals surface area contributed by atoms with Crippen molar-refractivity contribution in [1.82, 2.24) is 25.0 Å². The standard InChI is InChI=1S/C36H39N5O6S/c1-21-38-28(20-48-21)36(46)39-16-15-23(18-39)47-30-13-7-8-22-14-17-40(33(43)25-10-4-3-9-24(25)32(42)37-2)29(31(22)30)19-41-34(44)26-11-5-6-12-27(26)35(41)45/h5-8,11-13,20,23-25,29H,3-4,9-10,14-19H2,1-2H3,(H,37,42)/t23-,24+,25?,29+/m0/s1. The van der Waals surface area contributed by atoms with Gasteiger partial charge < -0.3 is 19.9 Å². The first kappa shape index (κ1) is 32.0. The molecule has 4 aliphatic rings. The molecule has 7 rings (SSSR count). The second-order valence-corrected chi connectivity index (χ2v) is 14.1. The molecule has 4 heterocycles. The third-order valence-corrected chi connectivity index (χ3v) is 11.0. The number of carbonyl (C=O) groups excluding carboxylic acids is 5. The molecule has 1 N–H and O–H groups in total. The Balaban J connectivity index is 1.21. The fourth-order valence-electron chi connectivity index (χ4n) is 7.82. The van der Waals surface area contributed by atoms with Gasteiger partial charge in [0.2, 0.25) is 11.8 Å². The first-order valence-corrected chi connectivity index (χ1v) is 17.6. The summed E-state index contributed by atoms with van der Waals surface area (Å²) < 4.78 is 6.65. The van der Waals surface area contributed by atoms with Crippen LogP contribution < -0.4 is 10.1 Å². The Labute approximate surface area is 283 Å². The predicted molar refractivity (Wildman–Crippen MR) is 178 cm³/mol. The largest absolute Gasteiger partial charge is 0.488 e. The fourth-order valence-corrected chi connectivity index (χ4v) is 8.41.